The van der Waals surface area contributed by atoms with Crippen LogP contribution >= 0.6 is 0 Å². The molecule has 1 aromatic carbocycles. The van der Waals surface area contributed by atoms with E-state index in [-0.39, 0.29) is 12.5 Å². The smallest absolute Gasteiger partial charge is 0.250 e. The van der Waals surface area contributed by atoms with Gasteiger partial charge in [0, 0.05) is 11.3 Å². The fourth-order valence-electron chi connectivity index (χ4n) is 1.38. The molecule has 0 saturated carbocycles. The summed E-state index contributed by atoms with van der Waals surface area (Å²) < 4.78 is 0. The van der Waals surface area contributed by atoms with Gasteiger partial charge in [-0.15, -0.1) is 0 Å². The van der Waals surface area contributed by atoms with Crippen LogP contribution in [0.2, 0.25) is 0 Å². The van der Waals surface area contributed by atoms with E-state index >= 15 is 0 Å². The van der Waals surface area contributed by atoms with Gasteiger partial charge in [0.15, 0.2) is 0 Å². The zero-order valence-electron chi connectivity index (χ0n) is 9.66. The van der Waals surface area contributed by atoms with E-state index < -0.39 is 0 Å². The summed E-state index contributed by atoms with van der Waals surface area (Å²) in [6.07, 6.45) is 2.72. The SMILES string of the molecule is CC/C=C(\C)C(=O)Nc1cccc(CO)c1. The molecule has 1 aromatic rings. The third kappa shape index (κ3) is 3.51. The first kappa shape index (κ1) is 12.5. The van der Waals surface area contributed by atoms with Gasteiger partial charge in [-0.3, -0.25) is 4.79 Å². The summed E-state index contributed by atoms with van der Waals surface area (Å²) in [5.74, 6) is -0.100. The lowest BCUT2D eigenvalue weighted by molar-refractivity contribution is -0.112. The first-order chi connectivity index (χ1) is 7.67. The van der Waals surface area contributed by atoms with Crippen LogP contribution < -0.4 is 5.32 Å². The van der Waals surface area contributed by atoms with Gasteiger partial charge < -0.3 is 10.4 Å². The highest BCUT2D eigenvalue weighted by Gasteiger charge is 2.04. The van der Waals surface area contributed by atoms with Crippen molar-refractivity contribution in [3.63, 3.8) is 0 Å². The van der Waals surface area contributed by atoms with Crippen molar-refractivity contribution in [1.29, 1.82) is 0 Å². The minimum absolute atomic E-state index is 0.0203. The Hall–Kier alpha value is -1.61. The molecule has 16 heavy (non-hydrogen) atoms. The third-order valence-corrected chi connectivity index (χ3v) is 2.24. The minimum Gasteiger partial charge on any atom is -0.392 e. The lowest BCUT2D eigenvalue weighted by atomic mass is 10.2. The molecule has 0 atom stereocenters. The quantitative estimate of drug-likeness (QED) is 0.764. The van der Waals surface area contributed by atoms with Crippen molar-refractivity contribution in [3.8, 4) is 0 Å². The van der Waals surface area contributed by atoms with Gasteiger partial charge in [-0.25, -0.2) is 0 Å². The van der Waals surface area contributed by atoms with Crippen molar-refractivity contribution in [1.82, 2.24) is 0 Å². The van der Waals surface area contributed by atoms with Gasteiger partial charge in [-0.1, -0.05) is 25.1 Å². The van der Waals surface area contributed by atoms with E-state index in [9.17, 15) is 4.79 Å². The summed E-state index contributed by atoms with van der Waals surface area (Å²) in [6, 6.07) is 7.18. The molecule has 0 radical (unpaired) electrons. The molecule has 0 saturated heterocycles. The molecule has 0 fully saturated rings. The van der Waals surface area contributed by atoms with Crippen molar-refractivity contribution < 1.29 is 9.90 Å². The molecule has 3 heteroatoms. The highest BCUT2D eigenvalue weighted by molar-refractivity contribution is 6.03. The van der Waals surface area contributed by atoms with Crippen LogP contribution in [-0.2, 0) is 11.4 Å². The maximum Gasteiger partial charge on any atom is 0.250 e. The second-order valence-electron chi connectivity index (χ2n) is 3.61. The number of aliphatic hydroxyl groups is 1. The topological polar surface area (TPSA) is 49.3 Å². The summed E-state index contributed by atoms with van der Waals surface area (Å²) >= 11 is 0. The first-order valence-electron chi connectivity index (χ1n) is 5.35. The summed E-state index contributed by atoms with van der Waals surface area (Å²) in [4.78, 5) is 11.7. The molecule has 1 rings (SSSR count). The molecule has 0 aliphatic carbocycles. The van der Waals surface area contributed by atoms with Gasteiger partial charge >= 0.3 is 0 Å². The van der Waals surface area contributed by atoms with Gasteiger partial charge in [0.2, 0.25) is 0 Å². The molecule has 0 aliphatic heterocycles. The summed E-state index contributed by atoms with van der Waals surface area (Å²) in [5, 5.41) is 11.7. The Morgan fingerprint density at radius 2 is 2.25 bits per heavy atom. The van der Waals surface area contributed by atoms with Gasteiger partial charge in [-0.05, 0) is 31.0 Å². The monoisotopic (exact) mass is 219 g/mol. The normalized spacial score (nSPS) is 11.3. The van der Waals surface area contributed by atoms with Crippen molar-refractivity contribution >= 4 is 11.6 Å². The van der Waals surface area contributed by atoms with Crippen molar-refractivity contribution in [2.24, 2.45) is 0 Å². The number of allylic oxidation sites excluding steroid dienone is 1. The average molecular weight is 219 g/mol. The highest BCUT2D eigenvalue weighted by Crippen LogP contribution is 2.11. The van der Waals surface area contributed by atoms with Gasteiger partial charge in [-0.2, -0.15) is 0 Å². The van der Waals surface area contributed by atoms with E-state index in [0.717, 1.165) is 12.0 Å². The summed E-state index contributed by atoms with van der Waals surface area (Å²) in [6.45, 7) is 3.76. The Bertz CT molecular complexity index is 397. The second-order valence-corrected chi connectivity index (χ2v) is 3.61. The second kappa shape index (κ2) is 6.08. The number of rotatable bonds is 4. The van der Waals surface area contributed by atoms with Crippen LogP contribution in [0.1, 0.15) is 25.8 Å². The van der Waals surface area contributed by atoms with E-state index in [1.54, 1.807) is 25.1 Å². The Labute approximate surface area is 95.8 Å². The van der Waals surface area contributed by atoms with E-state index in [4.69, 9.17) is 5.11 Å². The molecule has 2 N–H and O–H groups in total. The maximum atomic E-state index is 11.7. The molecular weight excluding hydrogens is 202 g/mol. The van der Waals surface area contributed by atoms with Crippen molar-refractivity contribution in [2.45, 2.75) is 26.9 Å². The Balaban J connectivity index is 2.73. The standard InChI is InChI=1S/C13H17NO2/c1-3-5-10(2)13(16)14-12-7-4-6-11(8-12)9-15/h4-8,15H,3,9H2,1-2H3,(H,14,16)/b10-5+. The zero-order chi connectivity index (χ0) is 12.0. The minimum atomic E-state index is -0.100. The number of hydrogen-bond acceptors (Lipinski definition) is 2. The number of aliphatic hydroxyl groups excluding tert-OH is 1. The number of carbonyl (C=O) groups excluding carboxylic acids is 1. The summed E-state index contributed by atoms with van der Waals surface area (Å²) in [7, 11) is 0. The zero-order valence-corrected chi connectivity index (χ0v) is 9.66. The number of benzene rings is 1. The number of anilines is 1. The molecule has 0 heterocycles. The predicted octanol–water partition coefficient (Wildman–Crippen LogP) is 2.47. The lowest BCUT2D eigenvalue weighted by Crippen LogP contribution is -2.12. The average Bonchev–Trinajstić information content (AvgIpc) is 2.29. The van der Waals surface area contributed by atoms with Crippen molar-refractivity contribution in [2.75, 3.05) is 5.32 Å². The Morgan fingerprint density at radius 1 is 1.50 bits per heavy atom. The first-order valence-corrected chi connectivity index (χ1v) is 5.35. The van der Waals surface area contributed by atoms with Crippen LogP contribution in [0.3, 0.4) is 0 Å². The molecule has 0 aromatic heterocycles. The van der Waals surface area contributed by atoms with Crippen LogP contribution in [-0.4, -0.2) is 11.0 Å². The fourth-order valence-corrected chi connectivity index (χ4v) is 1.38. The molecule has 86 valence electrons. The van der Waals surface area contributed by atoms with Crippen LogP contribution in [0.5, 0.6) is 0 Å². The summed E-state index contributed by atoms with van der Waals surface area (Å²) in [5.41, 5.74) is 2.20. The van der Waals surface area contributed by atoms with Gasteiger partial charge in [0.25, 0.3) is 5.91 Å². The molecule has 0 unspecified atom stereocenters. The lowest BCUT2D eigenvalue weighted by Gasteiger charge is -2.06. The largest absolute Gasteiger partial charge is 0.392 e. The van der Waals surface area contributed by atoms with E-state index in [0.29, 0.717) is 11.3 Å². The van der Waals surface area contributed by atoms with Crippen LogP contribution in [0, 0.1) is 0 Å². The van der Waals surface area contributed by atoms with Crippen molar-refractivity contribution in [3.05, 3.63) is 41.5 Å². The van der Waals surface area contributed by atoms with Gasteiger partial charge in [0.1, 0.15) is 0 Å². The number of carbonyl (C=O) groups is 1. The predicted molar refractivity (Wildman–Crippen MR) is 65.0 cm³/mol. The van der Waals surface area contributed by atoms with E-state index in [1.807, 2.05) is 19.1 Å². The number of hydrogen-bond donors (Lipinski definition) is 2. The third-order valence-electron chi connectivity index (χ3n) is 2.24. The molecule has 0 bridgehead atoms. The highest BCUT2D eigenvalue weighted by atomic mass is 16.3. The Morgan fingerprint density at radius 3 is 2.88 bits per heavy atom. The number of amides is 1. The molecule has 0 spiro atoms. The molecule has 1 amide bonds. The van der Waals surface area contributed by atoms with Crippen LogP contribution in [0.25, 0.3) is 0 Å². The maximum absolute atomic E-state index is 11.7. The fraction of sp³-hybridized carbons (Fsp3) is 0.308. The molecular formula is C13H17NO2. The van der Waals surface area contributed by atoms with E-state index in [1.165, 1.54) is 0 Å². The van der Waals surface area contributed by atoms with Crippen LogP contribution in [0.15, 0.2) is 35.9 Å². The molecule has 0 aliphatic rings. The Kier molecular flexibility index (Phi) is 4.73. The molecule has 3 nitrogen and oxygen atoms in total. The number of nitrogens with one attached hydrogen (secondary N) is 1. The van der Waals surface area contributed by atoms with Crippen LogP contribution in [0.4, 0.5) is 5.69 Å². The van der Waals surface area contributed by atoms with E-state index in [2.05, 4.69) is 5.32 Å². The van der Waals surface area contributed by atoms with Gasteiger partial charge in [0.05, 0.1) is 6.61 Å².